The average Bonchev–Trinajstić information content (AvgIpc) is 2.08. The van der Waals surface area contributed by atoms with Gasteiger partial charge in [-0.25, -0.2) is 0 Å². The maximum absolute atomic E-state index is 10.7. The van der Waals surface area contributed by atoms with Gasteiger partial charge in [0.2, 0.25) is 0 Å². The van der Waals surface area contributed by atoms with E-state index in [1.54, 1.807) is 6.08 Å². The Balaban J connectivity index is 2.54. The maximum atomic E-state index is 10.7. The molecule has 3 atom stereocenters. The van der Waals surface area contributed by atoms with Crippen LogP contribution in [0, 0.1) is 0 Å². The van der Waals surface area contributed by atoms with Gasteiger partial charge in [-0.2, -0.15) is 0 Å². The predicted molar refractivity (Wildman–Crippen MR) is 50.9 cm³/mol. The molecule has 0 radical (unpaired) electrons. The normalized spacial score (nSPS) is 29.7. The molecule has 0 spiro atoms. The van der Waals surface area contributed by atoms with E-state index in [1.807, 2.05) is 0 Å². The molecule has 0 aromatic heterocycles. The van der Waals surface area contributed by atoms with Crippen molar-refractivity contribution in [1.82, 2.24) is 0 Å². The topological polar surface area (TPSA) is 72.8 Å². The summed E-state index contributed by atoms with van der Waals surface area (Å²) in [5.41, 5.74) is 0. The van der Waals surface area contributed by atoms with Crippen LogP contribution in [-0.4, -0.2) is 35.4 Å². The second-order valence-corrected chi connectivity index (χ2v) is 3.41. The minimum absolute atomic E-state index is 0.244. The largest absolute Gasteiger partial charge is 0.458 e. The fourth-order valence-corrected chi connectivity index (χ4v) is 1.42. The van der Waals surface area contributed by atoms with E-state index in [1.165, 1.54) is 19.9 Å². The summed E-state index contributed by atoms with van der Waals surface area (Å²) >= 11 is 0. The van der Waals surface area contributed by atoms with Gasteiger partial charge in [0.1, 0.15) is 12.2 Å². The van der Waals surface area contributed by atoms with Crippen molar-refractivity contribution >= 4 is 11.9 Å². The standard InChI is InChI=1S/C10H14O5/c1-6(11)14-8-3-4-10(9(13)5-8)15-7(2)12/h3-4,8-10,13H,5H2,1-2H3/t8-,9+,10+/m0/s1. The van der Waals surface area contributed by atoms with Crippen LogP contribution >= 0.6 is 0 Å². The fourth-order valence-electron chi connectivity index (χ4n) is 1.42. The van der Waals surface area contributed by atoms with Gasteiger partial charge in [-0.1, -0.05) is 0 Å². The lowest BCUT2D eigenvalue weighted by molar-refractivity contribution is -0.154. The zero-order chi connectivity index (χ0) is 11.4. The van der Waals surface area contributed by atoms with Crippen LogP contribution in [0.15, 0.2) is 12.2 Å². The molecular formula is C10H14O5. The fraction of sp³-hybridized carbons (Fsp3) is 0.600. The van der Waals surface area contributed by atoms with Crippen molar-refractivity contribution in [3.63, 3.8) is 0 Å². The van der Waals surface area contributed by atoms with Crippen LogP contribution in [0.1, 0.15) is 20.3 Å². The molecule has 0 saturated carbocycles. The molecule has 0 unspecified atom stereocenters. The molecule has 0 aliphatic heterocycles. The van der Waals surface area contributed by atoms with E-state index in [0.29, 0.717) is 0 Å². The third-order valence-electron chi connectivity index (χ3n) is 1.99. The molecule has 15 heavy (non-hydrogen) atoms. The lowest BCUT2D eigenvalue weighted by Gasteiger charge is -2.27. The van der Waals surface area contributed by atoms with E-state index in [2.05, 4.69) is 0 Å². The van der Waals surface area contributed by atoms with Crippen molar-refractivity contribution in [2.45, 2.75) is 38.6 Å². The molecule has 1 N–H and O–H groups in total. The van der Waals surface area contributed by atoms with Gasteiger partial charge >= 0.3 is 11.9 Å². The van der Waals surface area contributed by atoms with Gasteiger partial charge in [-0.15, -0.1) is 0 Å². The molecule has 5 heteroatoms. The summed E-state index contributed by atoms with van der Waals surface area (Å²) in [6.45, 7) is 2.58. The van der Waals surface area contributed by atoms with Crippen LogP contribution in [0.3, 0.4) is 0 Å². The van der Waals surface area contributed by atoms with Crippen molar-refractivity contribution < 1.29 is 24.2 Å². The second kappa shape index (κ2) is 4.93. The highest BCUT2D eigenvalue weighted by Crippen LogP contribution is 2.18. The summed E-state index contributed by atoms with van der Waals surface area (Å²) in [6, 6.07) is 0. The summed E-state index contributed by atoms with van der Waals surface area (Å²) in [5.74, 6) is -0.850. The van der Waals surface area contributed by atoms with E-state index in [0.717, 1.165) is 0 Å². The lowest BCUT2D eigenvalue weighted by Crippen LogP contribution is -2.36. The Kier molecular flexibility index (Phi) is 3.85. The quantitative estimate of drug-likeness (QED) is 0.524. The van der Waals surface area contributed by atoms with E-state index in [-0.39, 0.29) is 6.42 Å². The van der Waals surface area contributed by atoms with Gasteiger partial charge in [0.05, 0.1) is 6.10 Å². The first-order chi connectivity index (χ1) is 6.99. The second-order valence-electron chi connectivity index (χ2n) is 3.41. The Bertz CT molecular complexity index is 284. The van der Waals surface area contributed by atoms with Crippen LogP contribution in [0.4, 0.5) is 0 Å². The smallest absolute Gasteiger partial charge is 0.303 e. The summed E-state index contributed by atoms with van der Waals surface area (Å²) in [6.07, 6.45) is 1.47. The first-order valence-electron chi connectivity index (χ1n) is 4.70. The Morgan fingerprint density at radius 1 is 1.20 bits per heavy atom. The third-order valence-corrected chi connectivity index (χ3v) is 1.99. The predicted octanol–water partition coefficient (Wildman–Crippen LogP) is 0.171. The SMILES string of the molecule is CC(=O)O[C@H]1C=C[C@@H](OC(C)=O)[C@H](O)C1. The lowest BCUT2D eigenvalue weighted by atomic mass is 9.99. The number of esters is 2. The summed E-state index contributed by atoms with van der Waals surface area (Å²) in [5, 5.41) is 9.58. The van der Waals surface area contributed by atoms with Gasteiger partial charge in [-0.05, 0) is 12.2 Å². The number of ether oxygens (including phenoxy) is 2. The van der Waals surface area contributed by atoms with Crippen molar-refractivity contribution in [2.75, 3.05) is 0 Å². The van der Waals surface area contributed by atoms with E-state index < -0.39 is 30.3 Å². The van der Waals surface area contributed by atoms with E-state index in [4.69, 9.17) is 9.47 Å². The van der Waals surface area contributed by atoms with Gasteiger partial charge < -0.3 is 14.6 Å². The van der Waals surface area contributed by atoms with E-state index >= 15 is 0 Å². The van der Waals surface area contributed by atoms with Crippen molar-refractivity contribution in [3.8, 4) is 0 Å². The molecule has 0 amide bonds. The highest BCUT2D eigenvalue weighted by molar-refractivity contribution is 5.67. The molecule has 0 saturated heterocycles. The number of aliphatic hydroxyl groups excluding tert-OH is 1. The number of rotatable bonds is 2. The summed E-state index contributed by atoms with van der Waals surface area (Å²) in [4.78, 5) is 21.3. The number of hydrogen-bond donors (Lipinski definition) is 1. The Morgan fingerprint density at radius 2 is 1.80 bits per heavy atom. The molecular weight excluding hydrogens is 200 g/mol. The number of carbonyl (C=O) groups excluding carboxylic acids is 2. The molecule has 1 aliphatic rings. The number of carbonyl (C=O) groups is 2. The van der Waals surface area contributed by atoms with Crippen LogP contribution in [0.25, 0.3) is 0 Å². The van der Waals surface area contributed by atoms with Gasteiger partial charge in [0, 0.05) is 20.3 Å². The zero-order valence-corrected chi connectivity index (χ0v) is 8.67. The Labute approximate surface area is 87.7 Å². The first-order valence-corrected chi connectivity index (χ1v) is 4.70. The molecule has 0 heterocycles. The molecule has 0 fully saturated rings. The van der Waals surface area contributed by atoms with Gasteiger partial charge in [0.15, 0.2) is 0 Å². The molecule has 0 aromatic rings. The number of hydrogen-bond acceptors (Lipinski definition) is 5. The van der Waals surface area contributed by atoms with E-state index in [9.17, 15) is 14.7 Å². The maximum Gasteiger partial charge on any atom is 0.303 e. The van der Waals surface area contributed by atoms with Gasteiger partial charge in [0.25, 0.3) is 0 Å². The number of aliphatic hydroxyl groups is 1. The van der Waals surface area contributed by atoms with Crippen LogP contribution < -0.4 is 0 Å². The monoisotopic (exact) mass is 214 g/mol. The average molecular weight is 214 g/mol. The third kappa shape index (κ3) is 3.71. The molecule has 1 aliphatic carbocycles. The summed E-state index contributed by atoms with van der Waals surface area (Å²) < 4.78 is 9.73. The van der Waals surface area contributed by atoms with Crippen LogP contribution in [0.2, 0.25) is 0 Å². The van der Waals surface area contributed by atoms with Crippen LogP contribution in [-0.2, 0) is 19.1 Å². The van der Waals surface area contributed by atoms with Gasteiger partial charge in [-0.3, -0.25) is 9.59 Å². The van der Waals surface area contributed by atoms with Crippen LogP contribution in [0.5, 0.6) is 0 Å². The highest BCUT2D eigenvalue weighted by atomic mass is 16.6. The molecule has 84 valence electrons. The first kappa shape index (κ1) is 11.7. The minimum Gasteiger partial charge on any atom is -0.458 e. The van der Waals surface area contributed by atoms with Crippen molar-refractivity contribution in [1.29, 1.82) is 0 Å². The van der Waals surface area contributed by atoms with Crippen molar-refractivity contribution in [2.24, 2.45) is 0 Å². The highest BCUT2D eigenvalue weighted by Gasteiger charge is 2.28. The Hall–Kier alpha value is -1.36. The molecule has 0 bridgehead atoms. The van der Waals surface area contributed by atoms with Crippen molar-refractivity contribution in [3.05, 3.63) is 12.2 Å². The minimum atomic E-state index is -0.830. The molecule has 0 aromatic carbocycles. The molecule has 5 nitrogen and oxygen atoms in total. The zero-order valence-electron chi connectivity index (χ0n) is 8.67. The Morgan fingerprint density at radius 3 is 2.27 bits per heavy atom. The summed E-state index contributed by atoms with van der Waals surface area (Å²) in [7, 11) is 0. The molecule has 1 rings (SSSR count).